The third-order valence-corrected chi connectivity index (χ3v) is 3.74. The second-order valence-electron chi connectivity index (χ2n) is 4.43. The molecule has 0 amide bonds. The predicted molar refractivity (Wildman–Crippen MR) is 90.6 cm³/mol. The fourth-order valence-electron chi connectivity index (χ4n) is 1.67. The van der Waals surface area contributed by atoms with Gasteiger partial charge in [-0.1, -0.05) is 45.2 Å². The van der Waals surface area contributed by atoms with Gasteiger partial charge in [0.05, 0.1) is 10.7 Å². The van der Waals surface area contributed by atoms with E-state index in [-0.39, 0.29) is 6.61 Å². The van der Waals surface area contributed by atoms with Crippen LogP contribution in [0.15, 0.2) is 46.9 Å². The fraction of sp³-hybridized carbons (Fsp3) is 0.200. The van der Waals surface area contributed by atoms with E-state index in [0.717, 1.165) is 10.2 Å². The molecule has 0 aliphatic carbocycles. The molecule has 3 nitrogen and oxygen atoms in total. The van der Waals surface area contributed by atoms with Crippen molar-refractivity contribution in [2.75, 3.05) is 18.5 Å². The van der Waals surface area contributed by atoms with E-state index in [2.05, 4.69) is 21.2 Å². The average molecular weight is 391 g/mol. The molecule has 112 valence electrons. The summed E-state index contributed by atoms with van der Waals surface area (Å²) in [6.45, 7) is 0.503. The minimum atomic E-state index is -0.663. The van der Waals surface area contributed by atoms with Crippen molar-refractivity contribution in [3.63, 3.8) is 0 Å². The van der Waals surface area contributed by atoms with Crippen LogP contribution < -0.4 is 10.1 Å². The van der Waals surface area contributed by atoms with Crippen molar-refractivity contribution in [2.24, 2.45) is 0 Å². The molecule has 2 aromatic carbocycles. The quantitative estimate of drug-likeness (QED) is 0.756. The Balaban J connectivity index is 1.80. The van der Waals surface area contributed by atoms with Crippen LogP contribution in [-0.4, -0.2) is 24.4 Å². The maximum Gasteiger partial charge on any atom is 0.120 e. The van der Waals surface area contributed by atoms with Crippen molar-refractivity contribution in [1.29, 1.82) is 0 Å². The molecule has 0 heterocycles. The molecule has 2 aromatic rings. The van der Waals surface area contributed by atoms with Crippen LogP contribution in [0.2, 0.25) is 10.0 Å². The Morgan fingerprint density at radius 3 is 2.71 bits per heavy atom. The fourth-order valence-corrected chi connectivity index (χ4v) is 2.59. The predicted octanol–water partition coefficient (Wildman–Crippen LogP) is 4.61. The number of hydrogen-bond acceptors (Lipinski definition) is 3. The standard InChI is InChI=1S/C15H14BrCl2NO2/c16-10-4-5-15(14(18)6-10)19-8-12(20)9-21-13-3-1-2-11(17)7-13/h1-7,12,19-20H,8-9H2. The van der Waals surface area contributed by atoms with Crippen molar-refractivity contribution in [1.82, 2.24) is 0 Å². The molecule has 21 heavy (non-hydrogen) atoms. The highest BCUT2D eigenvalue weighted by molar-refractivity contribution is 9.10. The first-order valence-electron chi connectivity index (χ1n) is 6.30. The van der Waals surface area contributed by atoms with Gasteiger partial charge in [-0.2, -0.15) is 0 Å². The third-order valence-electron chi connectivity index (χ3n) is 2.70. The SMILES string of the molecule is OC(CNc1ccc(Br)cc1Cl)COc1cccc(Cl)c1. The first-order chi connectivity index (χ1) is 10.0. The van der Waals surface area contributed by atoms with E-state index in [4.69, 9.17) is 27.9 Å². The van der Waals surface area contributed by atoms with E-state index < -0.39 is 6.10 Å². The number of hydrogen-bond donors (Lipinski definition) is 2. The molecule has 0 saturated carbocycles. The lowest BCUT2D eigenvalue weighted by molar-refractivity contribution is 0.117. The van der Waals surface area contributed by atoms with Crippen LogP contribution >= 0.6 is 39.1 Å². The van der Waals surface area contributed by atoms with Crippen LogP contribution in [0.4, 0.5) is 5.69 Å². The molecule has 1 atom stereocenters. The van der Waals surface area contributed by atoms with Gasteiger partial charge in [0, 0.05) is 16.0 Å². The highest BCUT2D eigenvalue weighted by atomic mass is 79.9. The molecular weight excluding hydrogens is 377 g/mol. The summed E-state index contributed by atoms with van der Waals surface area (Å²) in [4.78, 5) is 0. The van der Waals surface area contributed by atoms with Gasteiger partial charge >= 0.3 is 0 Å². The van der Waals surface area contributed by atoms with Crippen molar-refractivity contribution >= 4 is 44.8 Å². The second kappa shape index (κ2) is 7.90. The Morgan fingerprint density at radius 1 is 1.19 bits per heavy atom. The van der Waals surface area contributed by atoms with Crippen LogP contribution in [-0.2, 0) is 0 Å². The highest BCUT2D eigenvalue weighted by Crippen LogP contribution is 2.25. The van der Waals surface area contributed by atoms with Crippen LogP contribution in [0.1, 0.15) is 0 Å². The number of rotatable bonds is 6. The zero-order valence-corrected chi connectivity index (χ0v) is 14.1. The lowest BCUT2D eigenvalue weighted by Crippen LogP contribution is -2.26. The summed E-state index contributed by atoms with van der Waals surface area (Å²) in [6.07, 6.45) is -0.663. The summed E-state index contributed by atoms with van der Waals surface area (Å²) < 4.78 is 6.38. The maximum absolute atomic E-state index is 9.91. The van der Waals surface area contributed by atoms with Gasteiger partial charge in [-0.3, -0.25) is 0 Å². The first kappa shape index (κ1) is 16.4. The van der Waals surface area contributed by atoms with E-state index in [1.807, 2.05) is 12.1 Å². The molecule has 1 unspecified atom stereocenters. The van der Waals surface area contributed by atoms with E-state index in [9.17, 15) is 5.11 Å². The van der Waals surface area contributed by atoms with Gasteiger partial charge in [-0.25, -0.2) is 0 Å². The van der Waals surface area contributed by atoms with Gasteiger partial charge in [0.1, 0.15) is 18.5 Å². The zero-order chi connectivity index (χ0) is 15.2. The molecule has 0 saturated heterocycles. The molecule has 0 radical (unpaired) electrons. The summed E-state index contributed by atoms with van der Waals surface area (Å²) in [5.41, 5.74) is 0.765. The van der Waals surface area contributed by atoms with E-state index in [1.165, 1.54) is 0 Å². The van der Waals surface area contributed by atoms with Crippen molar-refractivity contribution in [3.05, 3.63) is 57.0 Å². The van der Waals surface area contributed by atoms with Gasteiger partial charge in [-0.15, -0.1) is 0 Å². The van der Waals surface area contributed by atoms with Crippen molar-refractivity contribution in [2.45, 2.75) is 6.10 Å². The van der Waals surface area contributed by atoms with E-state index in [0.29, 0.717) is 22.3 Å². The normalized spacial score (nSPS) is 12.0. The molecule has 0 aromatic heterocycles. The number of ether oxygens (including phenoxy) is 1. The number of benzene rings is 2. The van der Waals surface area contributed by atoms with Gasteiger partial charge in [0.2, 0.25) is 0 Å². The summed E-state index contributed by atoms with van der Waals surface area (Å²) >= 11 is 15.3. The van der Waals surface area contributed by atoms with Crippen LogP contribution in [0.5, 0.6) is 5.75 Å². The van der Waals surface area contributed by atoms with Gasteiger partial charge in [0.15, 0.2) is 0 Å². The van der Waals surface area contributed by atoms with Crippen LogP contribution in [0.25, 0.3) is 0 Å². The van der Waals surface area contributed by atoms with Gasteiger partial charge in [0.25, 0.3) is 0 Å². The minimum absolute atomic E-state index is 0.168. The highest BCUT2D eigenvalue weighted by Gasteiger charge is 2.07. The van der Waals surface area contributed by atoms with E-state index >= 15 is 0 Å². The molecule has 6 heteroatoms. The zero-order valence-electron chi connectivity index (χ0n) is 11.0. The number of aliphatic hydroxyl groups excluding tert-OH is 1. The molecule has 0 aliphatic rings. The smallest absolute Gasteiger partial charge is 0.120 e. The number of nitrogens with one attached hydrogen (secondary N) is 1. The molecule has 2 rings (SSSR count). The first-order valence-corrected chi connectivity index (χ1v) is 7.85. The Kier molecular flexibility index (Phi) is 6.18. The third kappa shape index (κ3) is 5.40. The summed E-state index contributed by atoms with van der Waals surface area (Å²) in [5.74, 6) is 0.628. The van der Waals surface area contributed by atoms with Crippen molar-refractivity contribution < 1.29 is 9.84 Å². The Labute approximate surface area is 142 Å². The maximum atomic E-state index is 9.91. The number of aliphatic hydroxyl groups is 1. The Morgan fingerprint density at radius 2 is 2.00 bits per heavy atom. The molecule has 0 bridgehead atoms. The largest absolute Gasteiger partial charge is 0.491 e. The minimum Gasteiger partial charge on any atom is -0.491 e. The van der Waals surface area contributed by atoms with Gasteiger partial charge in [-0.05, 0) is 36.4 Å². The van der Waals surface area contributed by atoms with E-state index in [1.54, 1.807) is 30.3 Å². The number of halogens is 3. The Hall–Kier alpha value is -0.940. The lowest BCUT2D eigenvalue weighted by atomic mass is 10.3. The molecule has 0 spiro atoms. The topological polar surface area (TPSA) is 41.5 Å². The summed E-state index contributed by atoms with van der Waals surface area (Å²) in [5, 5.41) is 14.2. The second-order valence-corrected chi connectivity index (χ2v) is 6.19. The van der Waals surface area contributed by atoms with Crippen LogP contribution in [0.3, 0.4) is 0 Å². The summed E-state index contributed by atoms with van der Waals surface area (Å²) in [7, 11) is 0. The molecular formula is C15H14BrCl2NO2. The van der Waals surface area contributed by atoms with Crippen LogP contribution in [0, 0.1) is 0 Å². The average Bonchev–Trinajstić information content (AvgIpc) is 2.44. The molecule has 0 aliphatic heterocycles. The van der Waals surface area contributed by atoms with Crippen molar-refractivity contribution in [3.8, 4) is 5.75 Å². The van der Waals surface area contributed by atoms with Gasteiger partial charge < -0.3 is 15.2 Å². The molecule has 2 N–H and O–H groups in total. The Bertz CT molecular complexity index is 610. The number of anilines is 1. The monoisotopic (exact) mass is 389 g/mol. The lowest BCUT2D eigenvalue weighted by Gasteiger charge is -2.15. The molecule has 0 fully saturated rings. The summed E-state index contributed by atoms with van der Waals surface area (Å²) in [6, 6.07) is 12.6.